The normalized spacial score (nSPS) is 9.32. The Morgan fingerprint density at radius 3 is 1.80 bits per heavy atom. The van der Waals surface area contributed by atoms with Crippen molar-refractivity contribution in [3.63, 3.8) is 0 Å². The maximum Gasteiger partial charge on any atom is 0.255 e. The van der Waals surface area contributed by atoms with Crippen LogP contribution in [0.4, 0.5) is 11.4 Å². The second kappa shape index (κ2) is 9.57. The lowest BCUT2D eigenvalue weighted by Gasteiger charge is -2.04. The molecular weight excluding hydrogens is 316 g/mol. The molecule has 0 bridgehead atoms. The Morgan fingerprint density at radius 2 is 1.36 bits per heavy atom. The van der Waals surface area contributed by atoms with E-state index in [9.17, 15) is 9.59 Å². The number of pyridine rings is 2. The van der Waals surface area contributed by atoms with E-state index in [0.29, 0.717) is 16.8 Å². The quantitative estimate of drug-likeness (QED) is 0.715. The fourth-order valence-corrected chi connectivity index (χ4v) is 1.87. The SMILES string of the molecule is CNc1ccncc1.O=Cc1ccc(C(=O)Nc2ccncc2)cc1. The third-order valence-electron chi connectivity index (χ3n) is 3.22. The van der Waals surface area contributed by atoms with Gasteiger partial charge in [-0.05, 0) is 36.4 Å². The molecule has 0 atom stereocenters. The summed E-state index contributed by atoms with van der Waals surface area (Å²) >= 11 is 0. The van der Waals surface area contributed by atoms with E-state index in [0.717, 1.165) is 12.0 Å². The molecule has 1 aromatic carbocycles. The van der Waals surface area contributed by atoms with Gasteiger partial charge in [-0.15, -0.1) is 0 Å². The highest BCUT2D eigenvalue weighted by molar-refractivity contribution is 6.04. The van der Waals surface area contributed by atoms with Crippen LogP contribution in [0, 0.1) is 0 Å². The summed E-state index contributed by atoms with van der Waals surface area (Å²) in [6, 6.07) is 13.7. The first-order valence-electron chi connectivity index (χ1n) is 7.57. The molecule has 1 amide bonds. The fraction of sp³-hybridized carbons (Fsp3) is 0.0526. The Bertz CT molecular complexity index is 791. The first-order chi connectivity index (χ1) is 12.2. The first kappa shape index (κ1) is 17.8. The summed E-state index contributed by atoms with van der Waals surface area (Å²) in [5.74, 6) is -0.214. The number of aldehydes is 1. The standard InChI is InChI=1S/C13H10N2O2.C6H8N2/c16-9-10-1-3-11(4-2-10)13(17)15-12-5-7-14-8-6-12;1-7-6-2-4-8-5-3-6/h1-9H,(H,14,15,17);2-5H,1H3,(H,7,8). The number of carbonyl (C=O) groups is 2. The lowest BCUT2D eigenvalue weighted by atomic mass is 10.1. The molecule has 0 radical (unpaired) electrons. The number of amides is 1. The van der Waals surface area contributed by atoms with Crippen molar-refractivity contribution < 1.29 is 9.59 Å². The minimum absolute atomic E-state index is 0.214. The van der Waals surface area contributed by atoms with E-state index in [1.54, 1.807) is 61.2 Å². The molecule has 0 aliphatic carbocycles. The second-order valence-corrected chi connectivity index (χ2v) is 4.92. The van der Waals surface area contributed by atoms with Crippen molar-refractivity contribution in [1.29, 1.82) is 0 Å². The number of rotatable bonds is 4. The van der Waals surface area contributed by atoms with Gasteiger partial charge in [-0.2, -0.15) is 0 Å². The number of benzene rings is 1. The molecule has 3 rings (SSSR count). The molecule has 0 fully saturated rings. The highest BCUT2D eigenvalue weighted by Crippen LogP contribution is 2.08. The van der Waals surface area contributed by atoms with Gasteiger partial charge in [0.1, 0.15) is 6.29 Å². The molecule has 2 aromatic heterocycles. The fourth-order valence-electron chi connectivity index (χ4n) is 1.87. The van der Waals surface area contributed by atoms with Crippen LogP contribution in [0.3, 0.4) is 0 Å². The molecule has 0 aliphatic rings. The zero-order chi connectivity index (χ0) is 17.9. The Morgan fingerprint density at radius 1 is 0.840 bits per heavy atom. The van der Waals surface area contributed by atoms with E-state index >= 15 is 0 Å². The summed E-state index contributed by atoms with van der Waals surface area (Å²) in [6.45, 7) is 0. The van der Waals surface area contributed by atoms with Crippen LogP contribution >= 0.6 is 0 Å². The Labute approximate surface area is 146 Å². The summed E-state index contributed by atoms with van der Waals surface area (Å²) in [6.07, 6.45) is 7.46. The average Bonchev–Trinajstić information content (AvgIpc) is 2.70. The van der Waals surface area contributed by atoms with E-state index in [-0.39, 0.29) is 5.91 Å². The Balaban J connectivity index is 0.000000236. The zero-order valence-electron chi connectivity index (χ0n) is 13.7. The second-order valence-electron chi connectivity index (χ2n) is 4.92. The topological polar surface area (TPSA) is 84.0 Å². The molecule has 0 aliphatic heterocycles. The number of anilines is 2. The van der Waals surface area contributed by atoms with Crippen LogP contribution in [0.2, 0.25) is 0 Å². The molecule has 126 valence electrons. The van der Waals surface area contributed by atoms with Crippen molar-refractivity contribution in [2.24, 2.45) is 0 Å². The highest BCUT2D eigenvalue weighted by atomic mass is 16.1. The molecule has 2 heterocycles. The van der Waals surface area contributed by atoms with Crippen molar-refractivity contribution in [3.8, 4) is 0 Å². The van der Waals surface area contributed by atoms with Gasteiger partial charge in [0.2, 0.25) is 0 Å². The van der Waals surface area contributed by atoms with Gasteiger partial charge in [0.25, 0.3) is 5.91 Å². The zero-order valence-corrected chi connectivity index (χ0v) is 13.7. The van der Waals surface area contributed by atoms with E-state index in [4.69, 9.17) is 0 Å². The van der Waals surface area contributed by atoms with Gasteiger partial charge in [0.15, 0.2) is 0 Å². The Kier molecular flexibility index (Phi) is 6.81. The summed E-state index contributed by atoms with van der Waals surface area (Å²) in [4.78, 5) is 30.0. The lowest BCUT2D eigenvalue weighted by molar-refractivity contribution is 0.102. The van der Waals surface area contributed by atoms with Gasteiger partial charge in [0, 0.05) is 54.3 Å². The van der Waals surface area contributed by atoms with Gasteiger partial charge in [-0.25, -0.2) is 0 Å². The minimum Gasteiger partial charge on any atom is -0.388 e. The number of aromatic nitrogens is 2. The molecule has 6 nitrogen and oxygen atoms in total. The van der Waals surface area contributed by atoms with Gasteiger partial charge in [-0.1, -0.05) is 12.1 Å². The molecule has 0 unspecified atom stereocenters. The summed E-state index contributed by atoms with van der Waals surface area (Å²) in [5, 5.41) is 5.72. The minimum atomic E-state index is -0.214. The van der Waals surface area contributed by atoms with E-state index in [2.05, 4.69) is 20.6 Å². The number of hydrogen-bond acceptors (Lipinski definition) is 5. The van der Waals surface area contributed by atoms with Crippen molar-refractivity contribution in [2.75, 3.05) is 17.7 Å². The van der Waals surface area contributed by atoms with Crippen molar-refractivity contribution in [2.45, 2.75) is 0 Å². The monoisotopic (exact) mass is 334 g/mol. The molecule has 25 heavy (non-hydrogen) atoms. The van der Waals surface area contributed by atoms with Crippen LogP contribution in [0.5, 0.6) is 0 Å². The smallest absolute Gasteiger partial charge is 0.255 e. The highest BCUT2D eigenvalue weighted by Gasteiger charge is 2.05. The van der Waals surface area contributed by atoms with Gasteiger partial charge in [0.05, 0.1) is 0 Å². The molecule has 0 saturated carbocycles. The largest absolute Gasteiger partial charge is 0.388 e. The average molecular weight is 334 g/mol. The van der Waals surface area contributed by atoms with Crippen LogP contribution in [-0.2, 0) is 0 Å². The third-order valence-corrected chi connectivity index (χ3v) is 3.22. The van der Waals surface area contributed by atoms with Crippen LogP contribution < -0.4 is 10.6 Å². The van der Waals surface area contributed by atoms with E-state index in [1.807, 2.05) is 19.2 Å². The summed E-state index contributed by atoms with van der Waals surface area (Å²) < 4.78 is 0. The number of nitrogens with zero attached hydrogens (tertiary/aromatic N) is 2. The first-order valence-corrected chi connectivity index (χ1v) is 7.57. The van der Waals surface area contributed by atoms with Crippen LogP contribution in [0.1, 0.15) is 20.7 Å². The van der Waals surface area contributed by atoms with Crippen molar-refractivity contribution >= 4 is 23.6 Å². The predicted octanol–water partition coefficient (Wildman–Crippen LogP) is 3.27. The molecule has 0 saturated heterocycles. The maximum atomic E-state index is 11.8. The van der Waals surface area contributed by atoms with Crippen LogP contribution in [0.15, 0.2) is 73.3 Å². The molecular formula is C19H18N4O2. The lowest BCUT2D eigenvalue weighted by Crippen LogP contribution is -2.11. The number of hydrogen-bond donors (Lipinski definition) is 2. The molecule has 2 N–H and O–H groups in total. The number of nitrogens with one attached hydrogen (secondary N) is 2. The molecule has 3 aromatic rings. The van der Waals surface area contributed by atoms with Gasteiger partial charge in [-0.3, -0.25) is 19.6 Å². The summed E-state index contributed by atoms with van der Waals surface area (Å²) in [7, 11) is 1.88. The summed E-state index contributed by atoms with van der Waals surface area (Å²) in [5.41, 5.74) is 2.84. The van der Waals surface area contributed by atoms with Crippen molar-refractivity contribution in [3.05, 3.63) is 84.4 Å². The van der Waals surface area contributed by atoms with Gasteiger partial charge >= 0.3 is 0 Å². The molecule has 6 heteroatoms. The van der Waals surface area contributed by atoms with Crippen LogP contribution in [0.25, 0.3) is 0 Å². The van der Waals surface area contributed by atoms with E-state index in [1.165, 1.54) is 0 Å². The van der Waals surface area contributed by atoms with Crippen LogP contribution in [-0.4, -0.2) is 29.2 Å². The third kappa shape index (κ3) is 5.87. The van der Waals surface area contributed by atoms with E-state index < -0.39 is 0 Å². The maximum absolute atomic E-state index is 11.8. The predicted molar refractivity (Wildman–Crippen MR) is 97.8 cm³/mol. The molecule has 0 spiro atoms. The van der Waals surface area contributed by atoms with Gasteiger partial charge < -0.3 is 10.6 Å². The number of carbonyl (C=O) groups excluding carboxylic acids is 2. The Hall–Kier alpha value is -3.54. The van der Waals surface area contributed by atoms with Crippen molar-refractivity contribution in [1.82, 2.24) is 9.97 Å².